The van der Waals surface area contributed by atoms with Crippen LogP contribution >= 0.6 is 11.8 Å². The van der Waals surface area contributed by atoms with Crippen LogP contribution in [0.3, 0.4) is 0 Å². The van der Waals surface area contributed by atoms with Crippen LogP contribution in [0.5, 0.6) is 0 Å². The largest absolute Gasteiger partial charge is 0.330 e. The van der Waals surface area contributed by atoms with Crippen molar-refractivity contribution in [3.05, 3.63) is 29.8 Å². The summed E-state index contributed by atoms with van der Waals surface area (Å²) in [6, 6.07) is 7.45. The van der Waals surface area contributed by atoms with E-state index in [1.54, 1.807) is 12.1 Å². The second-order valence-corrected chi connectivity index (χ2v) is 6.15. The average Bonchev–Trinajstić information content (AvgIpc) is 2.81. The van der Waals surface area contributed by atoms with Crippen molar-refractivity contribution in [1.82, 2.24) is 0 Å². The lowest BCUT2D eigenvalue weighted by Crippen LogP contribution is -2.05. The second-order valence-electron chi connectivity index (χ2n) is 5.09. The van der Waals surface area contributed by atoms with Crippen LogP contribution < -0.4 is 5.73 Å². The zero-order valence-corrected chi connectivity index (χ0v) is 10.8. The first-order valence-electron chi connectivity index (χ1n) is 5.71. The number of rotatable bonds is 4. The molecule has 2 atom stereocenters. The first-order valence-corrected chi connectivity index (χ1v) is 6.59. The summed E-state index contributed by atoms with van der Waals surface area (Å²) >= 11 is 0.588. The van der Waals surface area contributed by atoms with Crippen LogP contribution in [0.15, 0.2) is 29.2 Å². The van der Waals surface area contributed by atoms with Gasteiger partial charge in [0.25, 0.3) is 5.76 Å². The fourth-order valence-electron chi connectivity index (χ4n) is 2.70. The summed E-state index contributed by atoms with van der Waals surface area (Å²) < 4.78 is 24.4. The molecule has 2 rings (SSSR count). The molecule has 0 radical (unpaired) electrons. The molecule has 1 aliphatic rings. The zero-order chi connectivity index (χ0) is 12.6. The molecule has 0 bridgehead atoms. The number of halogens is 2. The van der Waals surface area contributed by atoms with Crippen LogP contribution in [0.4, 0.5) is 8.78 Å². The smallest absolute Gasteiger partial charge is 0.288 e. The van der Waals surface area contributed by atoms with Crippen LogP contribution in [0.1, 0.15) is 25.3 Å². The quantitative estimate of drug-likeness (QED) is 0.832. The van der Waals surface area contributed by atoms with Crippen molar-refractivity contribution in [3.63, 3.8) is 0 Å². The molecule has 0 aliphatic heterocycles. The molecular formula is C13H17F2NS. The summed E-state index contributed by atoms with van der Waals surface area (Å²) in [6.45, 7) is 5.10. The van der Waals surface area contributed by atoms with Crippen LogP contribution in [-0.2, 0) is 0 Å². The van der Waals surface area contributed by atoms with Crippen LogP contribution in [0.25, 0.3) is 0 Å². The number of hydrogen-bond acceptors (Lipinski definition) is 2. The molecule has 1 aliphatic carbocycles. The molecule has 4 heteroatoms. The predicted octanol–water partition coefficient (Wildman–Crippen LogP) is 3.70. The van der Waals surface area contributed by atoms with Crippen molar-refractivity contribution in [2.75, 3.05) is 6.54 Å². The van der Waals surface area contributed by atoms with Crippen LogP contribution in [0, 0.1) is 11.3 Å². The number of nitrogens with two attached hydrogens (primary N) is 1. The van der Waals surface area contributed by atoms with Crippen molar-refractivity contribution in [2.45, 2.75) is 30.4 Å². The van der Waals surface area contributed by atoms with E-state index in [2.05, 4.69) is 13.8 Å². The van der Waals surface area contributed by atoms with E-state index in [9.17, 15) is 8.78 Å². The minimum absolute atomic E-state index is 0.242. The van der Waals surface area contributed by atoms with Crippen molar-refractivity contribution >= 4 is 11.8 Å². The van der Waals surface area contributed by atoms with E-state index >= 15 is 0 Å². The number of thioether (sulfide) groups is 1. The van der Waals surface area contributed by atoms with E-state index in [1.807, 2.05) is 12.1 Å². The number of benzene rings is 1. The maximum atomic E-state index is 12.2. The third kappa shape index (κ3) is 2.47. The van der Waals surface area contributed by atoms with Gasteiger partial charge in [-0.05, 0) is 41.5 Å². The van der Waals surface area contributed by atoms with E-state index in [1.165, 1.54) is 5.56 Å². The van der Waals surface area contributed by atoms with Crippen molar-refractivity contribution in [1.29, 1.82) is 0 Å². The normalized spacial score (nSPS) is 26.2. The first-order chi connectivity index (χ1) is 7.96. The lowest BCUT2D eigenvalue weighted by Gasteiger charge is -2.05. The van der Waals surface area contributed by atoms with E-state index in [0.717, 1.165) is 0 Å². The Kier molecular flexibility index (Phi) is 3.46. The van der Waals surface area contributed by atoms with Gasteiger partial charge in [0.2, 0.25) is 0 Å². The van der Waals surface area contributed by atoms with Gasteiger partial charge in [0, 0.05) is 4.90 Å². The minimum Gasteiger partial charge on any atom is -0.330 e. The molecule has 0 amide bonds. The third-order valence-electron chi connectivity index (χ3n) is 3.77. The molecule has 1 saturated carbocycles. The molecule has 0 saturated heterocycles. The Morgan fingerprint density at radius 3 is 2.29 bits per heavy atom. The third-order valence-corrected chi connectivity index (χ3v) is 4.49. The molecule has 0 heterocycles. The molecule has 1 aromatic carbocycles. The van der Waals surface area contributed by atoms with E-state index < -0.39 is 5.76 Å². The van der Waals surface area contributed by atoms with Crippen molar-refractivity contribution in [2.24, 2.45) is 17.1 Å². The zero-order valence-electron chi connectivity index (χ0n) is 9.99. The molecule has 1 aromatic rings. The molecular weight excluding hydrogens is 240 g/mol. The monoisotopic (exact) mass is 257 g/mol. The van der Waals surface area contributed by atoms with Gasteiger partial charge in [-0.25, -0.2) is 0 Å². The predicted molar refractivity (Wildman–Crippen MR) is 67.4 cm³/mol. The Labute approximate surface area is 105 Å². The van der Waals surface area contributed by atoms with E-state index in [0.29, 0.717) is 35.0 Å². The molecule has 94 valence electrons. The second kappa shape index (κ2) is 4.58. The van der Waals surface area contributed by atoms with Crippen molar-refractivity contribution in [3.8, 4) is 0 Å². The van der Waals surface area contributed by atoms with Gasteiger partial charge in [-0.3, -0.25) is 0 Å². The van der Waals surface area contributed by atoms with Crippen LogP contribution in [0.2, 0.25) is 0 Å². The molecule has 0 spiro atoms. The van der Waals surface area contributed by atoms with Gasteiger partial charge in [0.05, 0.1) is 0 Å². The Bertz CT molecular complexity index is 389. The molecule has 0 unspecified atom stereocenters. The Balaban J connectivity index is 2.09. The molecule has 1 nitrogen and oxygen atoms in total. The van der Waals surface area contributed by atoms with Gasteiger partial charge in [0.15, 0.2) is 0 Å². The van der Waals surface area contributed by atoms with Gasteiger partial charge in [-0.1, -0.05) is 37.7 Å². The van der Waals surface area contributed by atoms with E-state index in [4.69, 9.17) is 5.73 Å². The van der Waals surface area contributed by atoms with Crippen LogP contribution in [-0.4, -0.2) is 12.3 Å². The Morgan fingerprint density at radius 2 is 1.88 bits per heavy atom. The fourth-order valence-corrected chi connectivity index (χ4v) is 3.20. The fraction of sp³-hybridized carbons (Fsp3) is 0.538. The molecule has 17 heavy (non-hydrogen) atoms. The Morgan fingerprint density at radius 1 is 1.29 bits per heavy atom. The SMILES string of the molecule is CC1(C)[C@@H](CN)[C@@H]1c1ccc(SC(F)F)cc1. The van der Waals surface area contributed by atoms with Gasteiger partial charge in [-0.2, -0.15) is 8.78 Å². The van der Waals surface area contributed by atoms with Gasteiger partial charge >= 0.3 is 0 Å². The summed E-state index contributed by atoms with van der Waals surface area (Å²) in [7, 11) is 0. The summed E-state index contributed by atoms with van der Waals surface area (Å²) in [4.78, 5) is 0.617. The highest BCUT2D eigenvalue weighted by atomic mass is 32.2. The maximum absolute atomic E-state index is 12.2. The van der Waals surface area contributed by atoms with Gasteiger partial charge in [-0.15, -0.1) is 0 Å². The standard InChI is InChI=1S/C13H17F2NS/c1-13(2)10(7-16)11(13)8-3-5-9(6-4-8)17-12(14)15/h3-6,10-12H,7,16H2,1-2H3/t10-,11-/m0/s1. The molecule has 0 aromatic heterocycles. The highest BCUT2D eigenvalue weighted by Crippen LogP contribution is 2.63. The number of alkyl halides is 2. The molecule has 2 N–H and O–H groups in total. The lowest BCUT2D eigenvalue weighted by molar-refractivity contribution is 0.252. The maximum Gasteiger partial charge on any atom is 0.288 e. The van der Waals surface area contributed by atoms with Gasteiger partial charge in [0.1, 0.15) is 0 Å². The molecule has 1 fully saturated rings. The highest BCUT2D eigenvalue weighted by molar-refractivity contribution is 7.99. The summed E-state index contributed by atoms with van der Waals surface area (Å²) in [5, 5.41) is 0. The summed E-state index contributed by atoms with van der Waals surface area (Å²) in [5.41, 5.74) is 7.18. The van der Waals surface area contributed by atoms with E-state index in [-0.39, 0.29) is 5.41 Å². The highest BCUT2D eigenvalue weighted by Gasteiger charge is 2.56. The Hall–Kier alpha value is -0.610. The topological polar surface area (TPSA) is 26.0 Å². The summed E-state index contributed by atoms with van der Waals surface area (Å²) in [6.07, 6.45) is 0. The number of hydrogen-bond donors (Lipinski definition) is 1. The first kappa shape index (κ1) is 12.8. The van der Waals surface area contributed by atoms with Gasteiger partial charge < -0.3 is 5.73 Å². The lowest BCUT2D eigenvalue weighted by atomic mass is 10.0. The van der Waals surface area contributed by atoms with Crippen molar-refractivity contribution < 1.29 is 8.78 Å². The average molecular weight is 257 g/mol. The minimum atomic E-state index is -2.35. The summed E-state index contributed by atoms with van der Waals surface area (Å²) in [5.74, 6) is -1.37.